The summed E-state index contributed by atoms with van der Waals surface area (Å²) in [7, 11) is 1.70. The van der Waals surface area contributed by atoms with Crippen LogP contribution in [0.15, 0.2) is 66.2 Å². The maximum absolute atomic E-state index is 14.3. The van der Waals surface area contributed by atoms with E-state index in [0.717, 1.165) is 68.3 Å². The van der Waals surface area contributed by atoms with Crippen molar-refractivity contribution in [2.75, 3.05) is 25.6 Å². The van der Waals surface area contributed by atoms with Crippen molar-refractivity contribution in [3.8, 4) is 22.5 Å². The third kappa shape index (κ3) is 7.80. The fourth-order valence-corrected chi connectivity index (χ4v) is 9.32. The van der Waals surface area contributed by atoms with E-state index in [0.29, 0.717) is 32.2 Å². The maximum atomic E-state index is 14.3. The number of hydrogen-bond donors (Lipinski definition) is 3. The zero-order valence-electron chi connectivity index (χ0n) is 33.3. The summed E-state index contributed by atoms with van der Waals surface area (Å²) in [5, 5.41) is 11.8. The fraction of sp³-hybridized carbons (Fsp3) is 0.432. The first-order valence-electron chi connectivity index (χ1n) is 20.0. The number of hydrogen-bond acceptors (Lipinski definition) is 10. The lowest BCUT2D eigenvalue weighted by atomic mass is 9.84. The number of benzene rings is 2. The van der Waals surface area contributed by atoms with E-state index in [4.69, 9.17) is 19.4 Å². The zero-order valence-corrected chi connectivity index (χ0v) is 34.1. The van der Waals surface area contributed by atoms with Gasteiger partial charge in [-0.15, -0.1) is 11.3 Å². The van der Waals surface area contributed by atoms with Crippen LogP contribution in [0.3, 0.4) is 0 Å². The number of nitrogens with one attached hydrogen (secondary N) is 3. The number of aryl methyl sites for hydroxylation is 2. The number of amides is 2. The summed E-state index contributed by atoms with van der Waals surface area (Å²) in [5.74, 6) is -0.964. The van der Waals surface area contributed by atoms with Crippen molar-refractivity contribution in [3.05, 3.63) is 88.0 Å². The van der Waals surface area contributed by atoms with E-state index < -0.39 is 29.5 Å². The predicted octanol–water partition coefficient (Wildman–Crippen LogP) is 6.63. The minimum absolute atomic E-state index is 0.176. The van der Waals surface area contributed by atoms with Crippen LogP contribution in [-0.4, -0.2) is 75.7 Å². The highest BCUT2D eigenvalue weighted by molar-refractivity contribution is 7.10. The summed E-state index contributed by atoms with van der Waals surface area (Å²) in [6.07, 6.45) is 4.90. The van der Waals surface area contributed by atoms with Gasteiger partial charge in [-0.3, -0.25) is 24.4 Å². The van der Waals surface area contributed by atoms with Gasteiger partial charge in [-0.05, 0) is 87.4 Å². The summed E-state index contributed by atoms with van der Waals surface area (Å²) < 4.78 is 14.2. The highest BCUT2D eigenvalue weighted by Gasteiger charge is 2.37. The van der Waals surface area contributed by atoms with Crippen LogP contribution in [0, 0.1) is 5.41 Å². The predicted molar refractivity (Wildman–Crippen MR) is 221 cm³/mol. The van der Waals surface area contributed by atoms with Crippen molar-refractivity contribution in [2.24, 2.45) is 5.41 Å². The van der Waals surface area contributed by atoms with E-state index in [1.54, 1.807) is 13.3 Å². The molecule has 0 saturated carbocycles. The Kier molecular flexibility index (Phi) is 10.9. The molecule has 6 bridgehead atoms. The Balaban J connectivity index is 1.20. The largest absolute Gasteiger partial charge is 0.464 e. The van der Waals surface area contributed by atoms with Crippen LogP contribution in [0.2, 0.25) is 0 Å². The molecule has 8 rings (SSSR count). The molecule has 4 atom stereocenters. The normalized spacial score (nSPS) is 21.6. The molecule has 2 aromatic carbocycles. The molecule has 298 valence electrons. The van der Waals surface area contributed by atoms with Crippen molar-refractivity contribution in [3.63, 3.8) is 0 Å². The number of pyridine rings is 1. The van der Waals surface area contributed by atoms with Crippen molar-refractivity contribution < 1.29 is 23.9 Å². The number of ether oxygens (including phenoxy) is 2. The maximum Gasteiger partial charge on any atom is 0.324 e. The number of fused-ring (bicyclic) bond motifs is 7. The number of carbonyl (C=O) groups excluding carboxylic acids is 3. The van der Waals surface area contributed by atoms with Crippen LogP contribution in [0.5, 0.6) is 0 Å². The van der Waals surface area contributed by atoms with Gasteiger partial charge in [0.05, 0.1) is 34.8 Å². The highest BCUT2D eigenvalue weighted by atomic mass is 32.1. The molecule has 13 heteroatoms. The second kappa shape index (κ2) is 16.0. The van der Waals surface area contributed by atoms with Crippen LogP contribution in [0.25, 0.3) is 33.4 Å². The second-order valence-electron chi connectivity index (χ2n) is 16.2. The molecule has 0 radical (unpaired) electrons. The molecule has 3 aromatic heterocycles. The molecule has 1 fully saturated rings. The lowest BCUT2D eigenvalue weighted by Crippen LogP contribution is -2.61. The van der Waals surface area contributed by atoms with E-state index in [1.165, 1.54) is 21.9 Å². The molecule has 3 aliphatic heterocycles. The van der Waals surface area contributed by atoms with Crippen molar-refractivity contribution in [1.29, 1.82) is 0 Å². The standard InChI is InChI=1S/C44H51N7O5S/c1-6-50-37-18-16-28-21-30(37)31(40(50)29-12-9-19-45-39(29)26(2)55-5)23-44(3,4)25-56-43(54)34-14-10-20-51(49-34)42(53)35(22-38-47-36(28)24-57-38)48-41(52)33-17-15-27-11-7-8-13-32(27)46-33/h7-9,11-13,16,18-19,21,24,26,33-35,46,49H,6,10,14-15,17,20,22-23,25H2,1-5H3,(H,48,52)/t26-,33?,34-,35-/m0/s1. The number of esters is 1. The minimum Gasteiger partial charge on any atom is -0.464 e. The molecular formula is C44H51N7O5S. The fourth-order valence-electron chi connectivity index (χ4n) is 8.47. The third-order valence-corrected chi connectivity index (χ3v) is 12.4. The van der Waals surface area contributed by atoms with Gasteiger partial charge in [0.15, 0.2) is 0 Å². The SMILES string of the molecule is CCn1c(-c2cccnc2[C@H](C)OC)c2c3cc(ccc31)-c1csc(n1)C[C@H](NC(=O)C1CCc3ccccc3N1)C(=O)N1CCC[C@H](N1)C(=O)OCC(C)(C)C2. The number of aromatic nitrogens is 3. The number of cyclic esters (lactones) is 1. The molecular weight excluding hydrogens is 739 g/mol. The van der Waals surface area contributed by atoms with Crippen molar-refractivity contribution in [2.45, 2.75) is 97.0 Å². The van der Waals surface area contributed by atoms with E-state index in [1.807, 2.05) is 36.6 Å². The average Bonchev–Trinajstić information content (AvgIpc) is 3.83. The molecule has 57 heavy (non-hydrogen) atoms. The monoisotopic (exact) mass is 789 g/mol. The molecule has 1 saturated heterocycles. The topological polar surface area (TPSA) is 140 Å². The number of para-hydroxylation sites is 1. The lowest BCUT2D eigenvalue weighted by Gasteiger charge is -2.36. The Bertz CT molecular complexity index is 2320. The van der Waals surface area contributed by atoms with Crippen LogP contribution in [-0.2, 0) is 49.7 Å². The number of methoxy groups -OCH3 is 1. The van der Waals surface area contributed by atoms with E-state index >= 15 is 0 Å². The first kappa shape index (κ1) is 38.7. The second-order valence-corrected chi connectivity index (χ2v) is 17.1. The summed E-state index contributed by atoms with van der Waals surface area (Å²) in [4.78, 5) is 51.8. The van der Waals surface area contributed by atoms with Gasteiger partial charge in [-0.25, -0.2) is 10.4 Å². The lowest BCUT2D eigenvalue weighted by molar-refractivity contribution is -0.155. The Hall–Kier alpha value is -5.11. The average molecular weight is 790 g/mol. The number of carbonyl (C=O) groups is 3. The zero-order chi connectivity index (χ0) is 39.8. The minimum atomic E-state index is -0.908. The number of rotatable bonds is 6. The van der Waals surface area contributed by atoms with Gasteiger partial charge in [-0.1, -0.05) is 38.1 Å². The number of nitrogens with zero attached hydrogens (tertiary/aromatic N) is 4. The van der Waals surface area contributed by atoms with Crippen molar-refractivity contribution in [1.82, 2.24) is 30.3 Å². The Morgan fingerprint density at radius 2 is 1.98 bits per heavy atom. The molecule has 6 heterocycles. The number of hydrazine groups is 1. The van der Waals surface area contributed by atoms with Crippen LogP contribution < -0.4 is 16.1 Å². The molecule has 0 aliphatic carbocycles. The first-order chi connectivity index (χ1) is 27.5. The number of thiazole rings is 1. The summed E-state index contributed by atoms with van der Waals surface area (Å²) in [6, 6.07) is 16.4. The van der Waals surface area contributed by atoms with Crippen LogP contribution in [0.4, 0.5) is 5.69 Å². The Morgan fingerprint density at radius 1 is 1.14 bits per heavy atom. The van der Waals surface area contributed by atoms with Crippen LogP contribution in [0.1, 0.15) is 74.9 Å². The molecule has 3 aliphatic rings. The van der Waals surface area contributed by atoms with Crippen LogP contribution >= 0.6 is 11.3 Å². The van der Waals surface area contributed by atoms with E-state index in [2.05, 4.69) is 71.7 Å². The molecule has 2 amide bonds. The van der Waals surface area contributed by atoms with E-state index in [-0.39, 0.29) is 30.9 Å². The van der Waals surface area contributed by atoms with Gasteiger partial charge in [0, 0.05) is 71.3 Å². The Morgan fingerprint density at radius 3 is 2.81 bits per heavy atom. The summed E-state index contributed by atoms with van der Waals surface area (Å²) in [5.41, 5.74) is 11.7. The Labute approximate surface area is 337 Å². The quantitative estimate of drug-likeness (QED) is 0.162. The van der Waals surface area contributed by atoms with Gasteiger partial charge in [0.1, 0.15) is 18.1 Å². The van der Waals surface area contributed by atoms with Gasteiger partial charge in [0.25, 0.3) is 5.91 Å². The summed E-state index contributed by atoms with van der Waals surface area (Å²) in [6.45, 7) is 9.70. The third-order valence-electron chi connectivity index (χ3n) is 11.5. The molecule has 0 spiro atoms. The smallest absolute Gasteiger partial charge is 0.324 e. The molecule has 3 N–H and O–H groups in total. The van der Waals surface area contributed by atoms with Gasteiger partial charge >= 0.3 is 5.97 Å². The number of anilines is 1. The van der Waals surface area contributed by atoms with Crippen molar-refractivity contribution >= 4 is 45.7 Å². The molecule has 12 nitrogen and oxygen atoms in total. The first-order valence-corrected chi connectivity index (χ1v) is 20.9. The highest BCUT2D eigenvalue weighted by Crippen LogP contribution is 2.42. The van der Waals surface area contributed by atoms with Gasteiger partial charge in [0.2, 0.25) is 5.91 Å². The molecule has 1 unspecified atom stereocenters. The van der Waals surface area contributed by atoms with E-state index in [9.17, 15) is 14.4 Å². The van der Waals surface area contributed by atoms with Gasteiger partial charge in [-0.2, -0.15) is 0 Å². The molecule has 5 aromatic rings. The summed E-state index contributed by atoms with van der Waals surface area (Å²) >= 11 is 1.47. The van der Waals surface area contributed by atoms with Gasteiger partial charge < -0.3 is 24.7 Å².